The van der Waals surface area contributed by atoms with Gasteiger partial charge in [-0.1, -0.05) is 18.7 Å². The predicted molar refractivity (Wildman–Crippen MR) is 137 cm³/mol. The molecule has 0 saturated carbocycles. The van der Waals surface area contributed by atoms with Crippen LogP contribution in [-0.2, 0) is 4.79 Å². The number of carbonyl (C=O) groups excluding carboxylic acids is 1. The Labute approximate surface area is 213 Å². The van der Waals surface area contributed by atoms with Crippen LogP contribution in [0.1, 0.15) is 29.2 Å². The number of aromatic nitrogens is 5. The van der Waals surface area contributed by atoms with Crippen LogP contribution in [0.2, 0.25) is 0 Å². The van der Waals surface area contributed by atoms with E-state index in [1.54, 1.807) is 26.5 Å². The van der Waals surface area contributed by atoms with Crippen molar-refractivity contribution < 1.29 is 19.0 Å². The molecule has 1 atom stereocenters. The van der Waals surface area contributed by atoms with Crippen LogP contribution in [0.15, 0.2) is 61.3 Å². The van der Waals surface area contributed by atoms with Gasteiger partial charge in [0.15, 0.2) is 11.5 Å². The molecule has 0 spiro atoms. The molecule has 2 aromatic carbocycles. The van der Waals surface area contributed by atoms with Crippen LogP contribution in [0.3, 0.4) is 0 Å². The van der Waals surface area contributed by atoms with E-state index in [-0.39, 0.29) is 24.2 Å². The Morgan fingerprint density at radius 1 is 1.14 bits per heavy atom. The van der Waals surface area contributed by atoms with Gasteiger partial charge in [-0.15, -0.1) is 5.10 Å². The molecular formula is C27H26N6O4. The van der Waals surface area contributed by atoms with Crippen LogP contribution in [0, 0.1) is 6.92 Å². The van der Waals surface area contributed by atoms with Gasteiger partial charge < -0.3 is 19.5 Å². The standard InChI is InChI=1S/C27H26N6O4/c1-5-12-37-22-11-8-18(13-23(22)36-4)20-14-24(34)30-26-25(20)16(2)32-33(26)27-29-21(15-28-31-27)17-6-9-19(35-3)10-7-17/h5-11,13,15,20H,1,12,14H2,2-4H3,(H,30,34)/t20-/m0/s1. The lowest BCUT2D eigenvalue weighted by Gasteiger charge is -2.25. The summed E-state index contributed by atoms with van der Waals surface area (Å²) in [5.41, 5.74) is 4.02. The van der Waals surface area contributed by atoms with E-state index in [9.17, 15) is 4.79 Å². The van der Waals surface area contributed by atoms with Crippen LogP contribution in [0.25, 0.3) is 17.2 Å². The van der Waals surface area contributed by atoms with Crippen LogP contribution in [0.5, 0.6) is 17.2 Å². The molecule has 5 rings (SSSR count). The van der Waals surface area contributed by atoms with Gasteiger partial charge in [0.1, 0.15) is 18.2 Å². The second-order valence-corrected chi connectivity index (χ2v) is 8.44. The number of aryl methyl sites for hydroxylation is 1. The zero-order chi connectivity index (χ0) is 25.9. The Balaban J connectivity index is 1.54. The number of nitrogens with one attached hydrogen (secondary N) is 1. The molecule has 0 radical (unpaired) electrons. The highest BCUT2D eigenvalue weighted by molar-refractivity contribution is 5.95. The lowest BCUT2D eigenvalue weighted by Crippen LogP contribution is -2.25. The van der Waals surface area contributed by atoms with Crippen molar-refractivity contribution in [2.75, 3.05) is 26.1 Å². The number of amides is 1. The average Bonchev–Trinajstić information content (AvgIpc) is 3.27. The molecule has 1 amide bonds. The third-order valence-corrected chi connectivity index (χ3v) is 6.17. The van der Waals surface area contributed by atoms with E-state index in [0.29, 0.717) is 29.6 Å². The molecule has 10 heteroatoms. The molecule has 188 valence electrons. The number of ether oxygens (including phenoxy) is 3. The fraction of sp³-hybridized carbons (Fsp3) is 0.222. The molecule has 1 aliphatic rings. The van der Waals surface area contributed by atoms with Crippen LogP contribution in [-0.4, -0.2) is 51.7 Å². The Bertz CT molecular complexity index is 1460. The summed E-state index contributed by atoms with van der Waals surface area (Å²) in [4.78, 5) is 17.5. The average molecular weight is 499 g/mol. The van der Waals surface area contributed by atoms with Crippen molar-refractivity contribution in [2.24, 2.45) is 0 Å². The van der Waals surface area contributed by atoms with Gasteiger partial charge in [-0.05, 0) is 48.9 Å². The Kier molecular flexibility index (Phi) is 6.55. The Morgan fingerprint density at radius 3 is 2.68 bits per heavy atom. The molecule has 0 saturated heterocycles. The highest BCUT2D eigenvalue weighted by Gasteiger charge is 2.33. The molecule has 2 aromatic heterocycles. The molecule has 37 heavy (non-hydrogen) atoms. The maximum absolute atomic E-state index is 12.8. The zero-order valence-corrected chi connectivity index (χ0v) is 20.8. The number of anilines is 1. The topological polar surface area (TPSA) is 113 Å². The molecule has 1 N–H and O–H groups in total. The van der Waals surface area contributed by atoms with Gasteiger partial charge in [0, 0.05) is 23.5 Å². The van der Waals surface area contributed by atoms with E-state index in [2.05, 4.69) is 32.2 Å². The van der Waals surface area contributed by atoms with Crippen molar-refractivity contribution in [3.8, 4) is 34.5 Å². The molecule has 1 aliphatic heterocycles. The maximum atomic E-state index is 12.8. The molecule has 3 heterocycles. The van der Waals surface area contributed by atoms with Crippen LogP contribution in [0.4, 0.5) is 5.82 Å². The molecule has 0 bridgehead atoms. The number of methoxy groups -OCH3 is 2. The van der Waals surface area contributed by atoms with Gasteiger partial charge >= 0.3 is 0 Å². The van der Waals surface area contributed by atoms with E-state index in [1.165, 1.54) is 4.68 Å². The minimum Gasteiger partial charge on any atom is -0.497 e. The molecule has 0 fully saturated rings. The Hall–Kier alpha value is -4.73. The summed E-state index contributed by atoms with van der Waals surface area (Å²) >= 11 is 0. The number of fused-ring (bicyclic) bond motifs is 1. The summed E-state index contributed by atoms with van der Waals surface area (Å²) in [6.07, 6.45) is 3.52. The number of hydrogen-bond donors (Lipinski definition) is 1. The van der Waals surface area contributed by atoms with Crippen molar-refractivity contribution in [1.82, 2.24) is 25.0 Å². The molecule has 4 aromatic rings. The first-order valence-electron chi connectivity index (χ1n) is 11.7. The van der Waals surface area contributed by atoms with E-state index >= 15 is 0 Å². The quantitative estimate of drug-likeness (QED) is 0.362. The second kappa shape index (κ2) is 10.1. The smallest absolute Gasteiger partial charge is 0.272 e. The predicted octanol–water partition coefficient (Wildman–Crippen LogP) is 4.09. The summed E-state index contributed by atoms with van der Waals surface area (Å²) in [7, 11) is 3.20. The summed E-state index contributed by atoms with van der Waals surface area (Å²) in [6, 6.07) is 13.2. The monoisotopic (exact) mass is 498 g/mol. The van der Waals surface area contributed by atoms with E-state index < -0.39 is 0 Å². The maximum Gasteiger partial charge on any atom is 0.272 e. The number of carbonyl (C=O) groups is 1. The van der Waals surface area contributed by atoms with Gasteiger partial charge in [0.2, 0.25) is 5.91 Å². The van der Waals surface area contributed by atoms with Crippen LogP contribution >= 0.6 is 0 Å². The number of hydrogen-bond acceptors (Lipinski definition) is 8. The van der Waals surface area contributed by atoms with E-state index in [1.807, 2.05) is 49.4 Å². The van der Waals surface area contributed by atoms with E-state index in [0.717, 1.165) is 28.1 Å². The third-order valence-electron chi connectivity index (χ3n) is 6.17. The zero-order valence-electron chi connectivity index (χ0n) is 20.8. The first kappa shape index (κ1) is 24.0. The number of nitrogens with zero attached hydrogens (tertiary/aromatic N) is 5. The van der Waals surface area contributed by atoms with Crippen molar-refractivity contribution >= 4 is 11.7 Å². The summed E-state index contributed by atoms with van der Waals surface area (Å²) in [5, 5.41) is 16.0. The summed E-state index contributed by atoms with van der Waals surface area (Å²) < 4.78 is 18.0. The van der Waals surface area contributed by atoms with Gasteiger partial charge in [0.25, 0.3) is 5.95 Å². The van der Waals surface area contributed by atoms with Crippen LogP contribution < -0.4 is 19.5 Å². The Morgan fingerprint density at radius 2 is 1.95 bits per heavy atom. The lowest BCUT2D eigenvalue weighted by atomic mass is 9.85. The van der Waals surface area contributed by atoms with Gasteiger partial charge in [0.05, 0.1) is 31.8 Å². The van der Waals surface area contributed by atoms with Gasteiger partial charge in [-0.25, -0.2) is 4.98 Å². The van der Waals surface area contributed by atoms with Gasteiger partial charge in [-0.2, -0.15) is 14.9 Å². The summed E-state index contributed by atoms with van der Waals surface area (Å²) in [5.74, 6) is 2.34. The molecular weight excluding hydrogens is 472 g/mol. The fourth-order valence-corrected chi connectivity index (χ4v) is 4.43. The largest absolute Gasteiger partial charge is 0.497 e. The minimum atomic E-state index is -0.238. The van der Waals surface area contributed by atoms with Crippen molar-refractivity contribution in [3.05, 3.63) is 78.1 Å². The lowest BCUT2D eigenvalue weighted by molar-refractivity contribution is -0.116. The second-order valence-electron chi connectivity index (χ2n) is 8.44. The highest BCUT2D eigenvalue weighted by atomic mass is 16.5. The molecule has 0 aliphatic carbocycles. The highest BCUT2D eigenvalue weighted by Crippen LogP contribution is 2.42. The van der Waals surface area contributed by atoms with Crippen molar-refractivity contribution in [2.45, 2.75) is 19.3 Å². The van der Waals surface area contributed by atoms with E-state index in [4.69, 9.17) is 14.2 Å². The number of benzene rings is 2. The fourth-order valence-electron chi connectivity index (χ4n) is 4.43. The van der Waals surface area contributed by atoms with Gasteiger partial charge in [-0.3, -0.25) is 4.79 Å². The molecule has 10 nitrogen and oxygen atoms in total. The van der Waals surface area contributed by atoms with Crippen molar-refractivity contribution in [1.29, 1.82) is 0 Å². The first-order valence-corrected chi connectivity index (χ1v) is 11.7. The minimum absolute atomic E-state index is 0.135. The normalized spacial score (nSPS) is 14.5. The SMILES string of the molecule is C=CCOc1ccc([C@@H]2CC(=O)Nc3c2c(C)nn3-c2nncc(-c3ccc(OC)cc3)n2)cc1OC. The third kappa shape index (κ3) is 4.61. The number of rotatable bonds is 8. The van der Waals surface area contributed by atoms with Crippen molar-refractivity contribution in [3.63, 3.8) is 0 Å². The summed E-state index contributed by atoms with van der Waals surface area (Å²) in [6.45, 7) is 5.95. The molecule has 0 unspecified atom stereocenters. The first-order chi connectivity index (χ1) is 18.0.